The van der Waals surface area contributed by atoms with Gasteiger partial charge in [0.1, 0.15) is 17.9 Å². The molecule has 0 aliphatic carbocycles. The van der Waals surface area contributed by atoms with E-state index >= 15 is 0 Å². The number of amides is 1. The number of carboxylic acid groups (broad SMARTS) is 1. The van der Waals surface area contributed by atoms with Gasteiger partial charge in [-0.1, -0.05) is 22.9 Å². The van der Waals surface area contributed by atoms with Gasteiger partial charge in [0, 0.05) is 42.7 Å². The van der Waals surface area contributed by atoms with Gasteiger partial charge >= 0.3 is 5.97 Å². The van der Waals surface area contributed by atoms with E-state index in [9.17, 15) is 23.1 Å². The maximum Gasteiger partial charge on any atom is 0.326 e. The summed E-state index contributed by atoms with van der Waals surface area (Å²) in [5.74, 6) is -1.50. The van der Waals surface area contributed by atoms with E-state index in [0.29, 0.717) is 26.9 Å². The van der Waals surface area contributed by atoms with Crippen LogP contribution in [0.3, 0.4) is 0 Å². The van der Waals surface area contributed by atoms with E-state index in [1.807, 2.05) is 4.90 Å². The van der Waals surface area contributed by atoms with Crippen LogP contribution < -0.4 is 15.4 Å². The Kier molecular flexibility index (Phi) is 6.96. The van der Waals surface area contributed by atoms with Gasteiger partial charge in [-0.3, -0.25) is 4.79 Å². The number of nitrogens with two attached hydrogens (primary N) is 1. The second-order valence-electron chi connectivity index (χ2n) is 9.07. The van der Waals surface area contributed by atoms with Gasteiger partial charge in [-0.2, -0.15) is 4.72 Å². The number of hydrogen-bond donors (Lipinski definition) is 3. The number of aliphatic carboxylic acids is 1. The van der Waals surface area contributed by atoms with Crippen LogP contribution in [-0.2, 0) is 26.0 Å². The molecule has 0 radical (unpaired) electrons. The average molecular weight is 565 g/mol. The number of carbonyl (C=O) groups is 2. The van der Waals surface area contributed by atoms with E-state index in [4.69, 9.17) is 17.3 Å². The number of aromatic nitrogens is 2. The van der Waals surface area contributed by atoms with Crippen LogP contribution in [0, 0.1) is 0 Å². The maximum absolute atomic E-state index is 13.2. The molecule has 3 aromatic rings. The average Bonchev–Trinajstić information content (AvgIpc) is 3.61. The van der Waals surface area contributed by atoms with Gasteiger partial charge in [0.05, 0.1) is 6.20 Å². The smallest absolute Gasteiger partial charge is 0.326 e. The number of likely N-dealkylation sites (tertiary alicyclic amines) is 1. The minimum Gasteiger partial charge on any atom is -0.480 e. The first-order valence-corrected chi connectivity index (χ1v) is 14.4. The quantitative estimate of drug-likeness (QED) is 0.372. The molecule has 1 aromatic carbocycles. The number of benzene rings is 1. The Bertz CT molecular complexity index is 1470. The number of halogens is 1. The summed E-state index contributed by atoms with van der Waals surface area (Å²) in [5.41, 5.74) is 6.44. The van der Waals surface area contributed by atoms with Crippen LogP contribution in [0.2, 0.25) is 5.02 Å². The van der Waals surface area contributed by atoms with Gasteiger partial charge in [-0.05, 0) is 48.4 Å². The SMILES string of the molecule is Nc1nccc2cc(CC(C(=O)O)N3CCC(NS(=O)(=O)c4cnc(N5CCCC5)s4)C3=O)c(Cl)cc12. The highest BCUT2D eigenvalue weighted by Gasteiger charge is 2.41. The molecule has 2 atom stereocenters. The highest BCUT2D eigenvalue weighted by molar-refractivity contribution is 7.91. The number of thiazole rings is 1. The van der Waals surface area contributed by atoms with E-state index in [-0.39, 0.29) is 23.6 Å². The van der Waals surface area contributed by atoms with Crippen molar-refractivity contribution in [3.05, 3.63) is 41.2 Å². The van der Waals surface area contributed by atoms with Crippen molar-refractivity contribution in [2.24, 2.45) is 0 Å². The fourth-order valence-corrected chi connectivity index (χ4v) is 7.41. The normalized spacial score (nSPS) is 19.2. The standard InChI is InChI=1S/C23H25ClN6O5S2/c24-16-11-15-13(3-5-26-20(15)25)9-14(16)10-18(22(32)33)30-8-4-17(21(30)31)28-37(34,35)19-12-27-23(36-19)29-6-1-2-7-29/h3,5,9,11-12,17-18,28H,1-2,4,6-8,10H2,(H2,25,26)(H,32,33). The number of sulfonamides is 1. The number of fused-ring (bicyclic) bond motifs is 1. The van der Waals surface area contributed by atoms with Crippen LogP contribution in [0.4, 0.5) is 10.9 Å². The zero-order chi connectivity index (χ0) is 26.3. The first kappa shape index (κ1) is 25.6. The van der Waals surface area contributed by atoms with Crippen molar-refractivity contribution in [1.82, 2.24) is 19.6 Å². The zero-order valence-electron chi connectivity index (χ0n) is 19.6. The third kappa shape index (κ3) is 5.08. The van der Waals surface area contributed by atoms with Gasteiger partial charge in [0.25, 0.3) is 10.0 Å². The van der Waals surface area contributed by atoms with Crippen LogP contribution in [0.15, 0.2) is 34.8 Å². The minimum absolute atomic E-state index is 0.0205. The van der Waals surface area contributed by atoms with E-state index < -0.39 is 34.0 Å². The molecule has 5 rings (SSSR count). The number of nitrogen functional groups attached to an aromatic ring is 1. The van der Waals surface area contributed by atoms with Crippen molar-refractivity contribution in [2.75, 3.05) is 30.3 Å². The fraction of sp³-hybridized carbons (Fsp3) is 0.391. The fourth-order valence-electron chi connectivity index (χ4n) is 4.76. The molecule has 2 aliphatic heterocycles. The molecule has 37 heavy (non-hydrogen) atoms. The second kappa shape index (κ2) is 10.0. The summed E-state index contributed by atoms with van der Waals surface area (Å²) < 4.78 is 28.4. The molecular formula is C23H25ClN6O5S2. The number of carboxylic acids is 1. The van der Waals surface area contributed by atoms with E-state index in [0.717, 1.165) is 42.7 Å². The number of hydrogen-bond acceptors (Lipinski definition) is 9. The summed E-state index contributed by atoms with van der Waals surface area (Å²) in [6, 6.07) is 2.81. The molecule has 2 saturated heterocycles. The van der Waals surface area contributed by atoms with Crippen molar-refractivity contribution in [3.8, 4) is 0 Å². The molecule has 2 fully saturated rings. The first-order valence-electron chi connectivity index (χ1n) is 11.7. The van der Waals surface area contributed by atoms with Gasteiger partial charge in [0.2, 0.25) is 5.91 Å². The Hall–Kier alpha value is -3.00. The van der Waals surface area contributed by atoms with Crippen molar-refractivity contribution < 1.29 is 23.1 Å². The summed E-state index contributed by atoms with van der Waals surface area (Å²) in [5, 5.41) is 12.3. The lowest BCUT2D eigenvalue weighted by atomic mass is 10.0. The second-order valence-corrected chi connectivity index (χ2v) is 12.4. The van der Waals surface area contributed by atoms with Crippen molar-refractivity contribution in [3.63, 3.8) is 0 Å². The molecule has 0 saturated carbocycles. The Balaban J connectivity index is 1.32. The lowest BCUT2D eigenvalue weighted by Crippen LogP contribution is -2.48. The number of rotatable bonds is 8. The molecule has 14 heteroatoms. The third-order valence-electron chi connectivity index (χ3n) is 6.69. The largest absolute Gasteiger partial charge is 0.480 e. The highest BCUT2D eigenvalue weighted by atomic mass is 35.5. The lowest BCUT2D eigenvalue weighted by molar-refractivity contribution is -0.148. The van der Waals surface area contributed by atoms with Crippen LogP contribution in [-0.4, -0.2) is 72.0 Å². The number of carbonyl (C=O) groups excluding carboxylic acids is 1. The molecule has 4 N–H and O–H groups in total. The van der Waals surface area contributed by atoms with Crippen molar-refractivity contribution >= 4 is 66.6 Å². The van der Waals surface area contributed by atoms with Crippen molar-refractivity contribution in [2.45, 2.75) is 42.0 Å². The maximum atomic E-state index is 13.2. The Morgan fingerprint density at radius 2 is 2.03 bits per heavy atom. The summed E-state index contributed by atoms with van der Waals surface area (Å²) in [6.45, 7) is 1.75. The Morgan fingerprint density at radius 3 is 2.76 bits per heavy atom. The molecule has 0 bridgehead atoms. The minimum atomic E-state index is -4.00. The summed E-state index contributed by atoms with van der Waals surface area (Å²) in [7, 11) is -4.00. The van der Waals surface area contributed by atoms with E-state index in [1.165, 1.54) is 11.1 Å². The monoisotopic (exact) mass is 564 g/mol. The molecule has 4 heterocycles. The molecule has 1 amide bonds. The van der Waals surface area contributed by atoms with Gasteiger partial charge < -0.3 is 20.6 Å². The Morgan fingerprint density at radius 1 is 1.27 bits per heavy atom. The summed E-state index contributed by atoms with van der Waals surface area (Å²) >= 11 is 7.48. The number of nitrogens with zero attached hydrogens (tertiary/aromatic N) is 4. The van der Waals surface area contributed by atoms with E-state index in [1.54, 1.807) is 24.4 Å². The van der Waals surface area contributed by atoms with Gasteiger partial charge in [0.15, 0.2) is 9.34 Å². The predicted molar refractivity (Wildman–Crippen MR) is 140 cm³/mol. The topological polar surface area (TPSA) is 159 Å². The van der Waals surface area contributed by atoms with E-state index in [2.05, 4.69) is 14.7 Å². The number of pyridine rings is 1. The molecule has 196 valence electrons. The summed E-state index contributed by atoms with van der Waals surface area (Å²) in [6.07, 6.45) is 5.00. The first-order chi connectivity index (χ1) is 17.6. The molecule has 2 aliphatic rings. The zero-order valence-corrected chi connectivity index (χ0v) is 22.0. The molecule has 2 aromatic heterocycles. The number of anilines is 2. The van der Waals surface area contributed by atoms with Gasteiger partial charge in [-0.25, -0.2) is 23.2 Å². The molecule has 2 unspecified atom stereocenters. The molecule has 11 nitrogen and oxygen atoms in total. The lowest BCUT2D eigenvalue weighted by Gasteiger charge is -2.25. The van der Waals surface area contributed by atoms with Gasteiger partial charge in [-0.15, -0.1) is 0 Å². The Labute approximate surface area is 222 Å². The van der Waals surface area contributed by atoms with Crippen LogP contribution in [0.1, 0.15) is 24.8 Å². The summed E-state index contributed by atoms with van der Waals surface area (Å²) in [4.78, 5) is 36.8. The van der Waals surface area contributed by atoms with Crippen LogP contribution in [0.25, 0.3) is 10.8 Å². The van der Waals surface area contributed by atoms with Crippen LogP contribution >= 0.6 is 22.9 Å². The van der Waals surface area contributed by atoms with Crippen molar-refractivity contribution in [1.29, 1.82) is 0 Å². The van der Waals surface area contributed by atoms with Crippen LogP contribution in [0.5, 0.6) is 0 Å². The number of nitrogens with one attached hydrogen (secondary N) is 1. The predicted octanol–water partition coefficient (Wildman–Crippen LogP) is 2.10. The molecule has 0 spiro atoms. The highest BCUT2D eigenvalue weighted by Crippen LogP contribution is 2.31. The molecular weight excluding hydrogens is 540 g/mol. The third-order valence-corrected chi connectivity index (χ3v) is 10.0.